The molecule has 0 aromatic heterocycles. The van der Waals surface area contributed by atoms with Gasteiger partial charge in [-0.25, -0.2) is 0 Å². The Morgan fingerprint density at radius 3 is 2.81 bits per heavy atom. The zero-order chi connectivity index (χ0) is 15.4. The minimum absolute atomic E-state index is 0.0582. The van der Waals surface area contributed by atoms with Gasteiger partial charge >= 0.3 is 0 Å². The zero-order valence-corrected chi connectivity index (χ0v) is 12.9. The summed E-state index contributed by atoms with van der Waals surface area (Å²) in [6, 6.07) is 5.34. The van der Waals surface area contributed by atoms with E-state index in [2.05, 4.69) is 0 Å². The molecule has 0 spiro atoms. The summed E-state index contributed by atoms with van der Waals surface area (Å²) in [5.41, 5.74) is 1.35. The average molecular weight is 290 g/mol. The van der Waals surface area contributed by atoms with Gasteiger partial charge in [0.15, 0.2) is 12.4 Å². The Kier molecular flexibility index (Phi) is 4.96. The van der Waals surface area contributed by atoms with Crippen LogP contribution in [-0.4, -0.2) is 50.4 Å². The molecule has 2 rings (SSSR count). The highest BCUT2D eigenvalue weighted by Crippen LogP contribution is 2.33. The molecule has 0 atom stereocenters. The lowest BCUT2D eigenvalue weighted by Gasteiger charge is -2.30. The van der Waals surface area contributed by atoms with Gasteiger partial charge in [0, 0.05) is 25.1 Å². The molecule has 1 amide bonds. The Morgan fingerprint density at radius 1 is 1.38 bits per heavy atom. The number of likely N-dealkylation sites (N-methyl/N-ethyl adjacent to an activating group) is 1. The van der Waals surface area contributed by atoms with E-state index in [0.717, 1.165) is 13.0 Å². The summed E-state index contributed by atoms with van der Waals surface area (Å²) in [7, 11) is 3.93. The third kappa shape index (κ3) is 3.61. The number of carbonyl (C=O) groups is 2. The van der Waals surface area contributed by atoms with E-state index in [1.54, 1.807) is 23.1 Å². The number of anilines is 1. The van der Waals surface area contributed by atoms with Crippen molar-refractivity contribution in [2.45, 2.75) is 19.8 Å². The molecule has 0 N–H and O–H groups in total. The Hall–Kier alpha value is -1.88. The van der Waals surface area contributed by atoms with E-state index >= 15 is 0 Å². The fourth-order valence-corrected chi connectivity index (χ4v) is 2.29. The molecule has 0 aliphatic carbocycles. The van der Waals surface area contributed by atoms with Crippen LogP contribution in [0.2, 0.25) is 0 Å². The van der Waals surface area contributed by atoms with Gasteiger partial charge in [-0.3, -0.25) is 9.59 Å². The number of hydrogen-bond acceptors (Lipinski definition) is 4. The van der Waals surface area contributed by atoms with Crippen LogP contribution in [0, 0.1) is 0 Å². The molecule has 0 saturated carbocycles. The molecule has 1 aromatic rings. The van der Waals surface area contributed by atoms with E-state index in [-0.39, 0.29) is 18.3 Å². The van der Waals surface area contributed by atoms with E-state index < -0.39 is 0 Å². The van der Waals surface area contributed by atoms with Crippen LogP contribution in [0.1, 0.15) is 30.1 Å². The van der Waals surface area contributed by atoms with Crippen molar-refractivity contribution in [2.24, 2.45) is 0 Å². The Bertz CT molecular complexity index is 540. The van der Waals surface area contributed by atoms with Gasteiger partial charge in [-0.2, -0.15) is 0 Å². The van der Waals surface area contributed by atoms with Crippen LogP contribution >= 0.6 is 0 Å². The lowest BCUT2D eigenvalue weighted by Crippen LogP contribution is -2.42. The smallest absolute Gasteiger partial charge is 0.265 e. The molecule has 0 unspecified atom stereocenters. The maximum atomic E-state index is 12.1. The van der Waals surface area contributed by atoms with Crippen molar-refractivity contribution < 1.29 is 14.3 Å². The van der Waals surface area contributed by atoms with Gasteiger partial charge in [-0.05, 0) is 38.7 Å². The lowest BCUT2D eigenvalue weighted by atomic mass is 10.0. The molecular formula is C16H22N2O3. The number of Topliss-reactive ketones (excluding diaryl/α,β-unsaturated/α-hetero) is 1. The van der Waals surface area contributed by atoms with Crippen molar-refractivity contribution in [3.8, 4) is 5.75 Å². The number of ketones is 1. The molecule has 0 bridgehead atoms. The first-order chi connectivity index (χ1) is 10.0. The number of benzene rings is 1. The molecule has 0 saturated heterocycles. The molecule has 1 aliphatic heterocycles. The van der Waals surface area contributed by atoms with Crippen LogP contribution in [-0.2, 0) is 4.79 Å². The highest BCUT2D eigenvalue weighted by Gasteiger charge is 2.26. The molecule has 0 fully saturated rings. The van der Waals surface area contributed by atoms with Crippen molar-refractivity contribution in [1.29, 1.82) is 0 Å². The number of carbonyl (C=O) groups excluding carboxylic acids is 2. The number of fused-ring (bicyclic) bond motifs is 1. The van der Waals surface area contributed by atoms with Crippen LogP contribution in [0.25, 0.3) is 0 Å². The van der Waals surface area contributed by atoms with Crippen molar-refractivity contribution in [3.05, 3.63) is 23.8 Å². The summed E-state index contributed by atoms with van der Waals surface area (Å²) in [5, 5.41) is 0. The Balaban J connectivity index is 2.28. The van der Waals surface area contributed by atoms with Gasteiger partial charge in [0.25, 0.3) is 5.91 Å². The van der Waals surface area contributed by atoms with E-state index in [9.17, 15) is 9.59 Å². The SMILES string of the molecule is CCCC(=O)c1ccc2c(c1)N(CCN(C)C)C(=O)CO2. The third-order valence-corrected chi connectivity index (χ3v) is 3.47. The second-order valence-electron chi connectivity index (χ2n) is 5.49. The molecule has 1 aromatic carbocycles. The van der Waals surface area contributed by atoms with Gasteiger partial charge in [0.2, 0.25) is 0 Å². The fourth-order valence-electron chi connectivity index (χ4n) is 2.29. The highest BCUT2D eigenvalue weighted by atomic mass is 16.5. The molecule has 21 heavy (non-hydrogen) atoms. The molecule has 5 heteroatoms. The normalized spacial score (nSPS) is 14.1. The predicted molar refractivity (Wildman–Crippen MR) is 82.1 cm³/mol. The number of ether oxygens (including phenoxy) is 1. The van der Waals surface area contributed by atoms with Crippen LogP contribution in [0.5, 0.6) is 5.75 Å². The van der Waals surface area contributed by atoms with Gasteiger partial charge in [0.05, 0.1) is 5.69 Å². The summed E-state index contributed by atoms with van der Waals surface area (Å²) >= 11 is 0. The van der Waals surface area contributed by atoms with E-state index in [1.165, 1.54) is 0 Å². The summed E-state index contributed by atoms with van der Waals surface area (Å²) < 4.78 is 5.45. The molecule has 5 nitrogen and oxygen atoms in total. The number of hydrogen-bond donors (Lipinski definition) is 0. The molecule has 114 valence electrons. The van der Waals surface area contributed by atoms with Crippen LogP contribution in [0.4, 0.5) is 5.69 Å². The first-order valence-corrected chi connectivity index (χ1v) is 7.28. The summed E-state index contributed by atoms with van der Waals surface area (Å²) in [6.07, 6.45) is 1.33. The second-order valence-corrected chi connectivity index (χ2v) is 5.49. The predicted octanol–water partition coefficient (Wildman–Crippen LogP) is 1.96. The maximum absolute atomic E-state index is 12.1. The minimum atomic E-state index is -0.0653. The van der Waals surface area contributed by atoms with Gasteiger partial charge in [0.1, 0.15) is 5.75 Å². The molecule has 0 radical (unpaired) electrons. The lowest BCUT2D eigenvalue weighted by molar-refractivity contribution is -0.121. The first kappa shape index (κ1) is 15.5. The quantitative estimate of drug-likeness (QED) is 0.752. The summed E-state index contributed by atoms with van der Waals surface area (Å²) in [5.74, 6) is 0.705. The molecule has 1 aliphatic rings. The van der Waals surface area contributed by atoms with Crippen molar-refractivity contribution in [3.63, 3.8) is 0 Å². The Labute approximate surface area is 125 Å². The zero-order valence-electron chi connectivity index (χ0n) is 12.9. The van der Waals surface area contributed by atoms with E-state index in [0.29, 0.717) is 30.0 Å². The maximum Gasteiger partial charge on any atom is 0.265 e. The number of nitrogens with zero attached hydrogens (tertiary/aromatic N) is 2. The largest absolute Gasteiger partial charge is 0.482 e. The highest BCUT2D eigenvalue weighted by molar-refractivity contribution is 6.01. The Morgan fingerprint density at radius 2 is 2.14 bits per heavy atom. The molecular weight excluding hydrogens is 268 g/mol. The fraction of sp³-hybridized carbons (Fsp3) is 0.500. The van der Waals surface area contributed by atoms with Crippen LogP contribution in [0.15, 0.2) is 18.2 Å². The topological polar surface area (TPSA) is 49.9 Å². The van der Waals surface area contributed by atoms with Crippen molar-refractivity contribution in [2.75, 3.05) is 38.7 Å². The van der Waals surface area contributed by atoms with Crippen molar-refractivity contribution >= 4 is 17.4 Å². The van der Waals surface area contributed by atoms with Crippen LogP contribution in [0.3, 0.4) is 0 Å². The second kappa shape index (κ2) is 6.72. The van der Waals surface area contributed by atoms with Gasteiger partial charge in [-0.1, -0.05) is 6.92 Å². The third-order valence-electron chi connectivity index (χ3n) is 3.47. The molecule has 1 heterocycles. The average Bonchev–Trinajstić information content (AvgIpc) is 2.45. The van der Waals surface area contributed by atoms with Gasteiger partial charge < -0.3 is 14.5 Å². The van der Waals surface area contributed by atoms with E-state index in [1.807, 2.05) is 25.9 Å². The van der Waals surface area contributed by atoms with Crippen molar-refractivity contribution in [1.82, 2.24) is 4.90 Å². The standard InChI is InChI=1S/C16H22N2O3/c1-4-5-14(19)12-6-7-15-13(10-12)18(9-8-17(2)3)16(20)11-21-15/h6-7,10H,4-5,8-9,11H2,1-3H3. The summed E-state index contributed by atoms with van der Waals surface area (Å²) in [4.78, 5) is 27.8. The number of amides is 1. The van der Waals surface area contributed by atoms with E-state index in [4.69, 9.17) is 4.74 Å². The minimum Gasteiger partial charge on any atom is -0.482 e. The number of rotatable bonds is 6. The van der Waals surface area contributed by atoms with Gasteiger partial charge in [-0.15, -0.1) is 0 Å². The summed E-state index contributed by atoms with van der Waals surface area (Å²) in [6.45, 7) is 3.39. The first-order valence-electron chi connectivity index (χ1n) is 7.28. The monoisotopic (exact) mass is 290 g/mol. The van der Waals surface area contributed by atoms with Crippen LogP contribution < -0.4 is 9.64 Å².